The van der Waals surface area contributed by atoms with E-state index in [-0.39, 0.29) is 5.91 Å². The number of likely N-dealkylation sites (N-methyl/N-ethyl adjacent to an activating group) is 1. The SMILES string of the molecule is C[C@H]1CCCC[C@@H]1NC(=O)C[NH+](C)Cc1cccs1. The molecule has 0 aliphatic heterocycles. The van der Waals surface area contributed by atoms with Gasteiger partial charge < -0.3 is 10.2 Å². The molecule has 2 N–H and O–H groups in total. The Hall–Kier alpha value is -0.870. The number of thiophene rings is 1. The second-order valence-corrected chi connectivity index (χ2v) is 6.86. The fraction of sp³-hybridized carbons (Fsp3) is 0.667. The predicted molar refractivity (Wildman–Crippen MR) is 79.3 cm³/mol. The number of amides is 1. The lowest BCUT2D eigenvalue weighted by Gasteiger charge is -2.29. The molecule has 1 fully saturated rings. The summed E-state index contributed by atoms with van der Waals surface area (Å²) in [6.45, 7) is 3.76. The highest BCUT2D eigenvalue weighted by Crippen LogP contribution is 2.23. The lowest BCUT2D eigenvalue weighted by molar-refractivity contribution is -0.885. The number of carbonyl (C=O) groups is 1. The lowest BCUT2D eigenvalue weighted by atomic mass is 9.86. The Morgan fingerprint density at radius 2 is 2.26 bits per heavy atom. The summed E-state index contributed by atoms with van der Waals surface area (Å²) in [5.41, 5.74) is 0. The third kappa shape index (κ3) is 4.62. The normalized spacial score (nSPS) is 24.9. The van der Waals surface area contributed by atoms with Crippen molar-refractivity contribution < 1.29 is 9.69 Å². The van der Waals surface area contributed by atoms with Crippen molar-refractivity contribution in [3.05, 3.63) is 22.4 Å². The Balaban J connectivity index is 1.74. The molecule has 0 bridgehead atoms. The maximum absolute atomic E-state index is 12.1. The van der Waals surface area contributed by atoms with Crippen LogP contribution in [0.5, 0.6) is 0 Å². The van der Waals surface area contributed by atoms with Crippen molar-refractivity contribution in [3.8, 4) is 0 Å². The minimum Gasteiger partial charge on any atom is -0.348 e. The van der Waals surface area contributed by atoms with Crippen molar-refractivity contribution in [2.75, 3.05) is 13.6 Å². The first-order valence-corrected chi connectivity index (χ1v) is 8.16. The van der Waals surface area contributed by atoms with E-state index in [1.54, 1.807) is 11.3 Å². The van der Waals surface area contributed by atoms with E-state index in [2.05, 4.69) is 36.8 Å². The van der Waals surface area contributed by atoms with E-state index >= 15 is 0 Å². The number of quaternary nitrogens is 1. The lowest BCUT2D eigenvalue weighted by Crippen LogP contribution is -3.08. The van der Waals surface area contributed by atoms with Crippen LogP contribution in [0.4, 0.5) is 0 Å². The van der Waals surface area contributed by atoms with Gasteiger partial charge in [0.25, 0.3) is 5.91 Å². The van der Waals surface area contributed by atoms with E-state index in [0.717, 1.165) is 13.0 Å². The summed E-state index contributed by atoms with van der Waals surface area (Å²) in [5.74, 6) is 0.836. The summed E-state index contributed by atoms with van der Waals surface area (Å²) >= 11 is 1.76. The maximum Gasteiger partial charge on any atom is 0.275 e. The van der Waals surface area contributed by atoms with Crippen molar-refractivity contribution in [1.82, 2.24) is 5.32 Å². The molecule has 0 spiro atoms. The van der Waals surface area contributed by atoms with Crippen LogP contribution in [0.1, 0.15) is 37.5 Å². The standard InChI is InChI=1S/C15H24N2OS/c1-12-6-3-4-8-14(12)16-15(18)11-17(2)10-13-7-5-9-19-13/h5,7,9,12,14H,3-4,6,8,10-11H2,1-2H3,(H,16,18)/p+1/t12-,14-/m0/s1. The van der Waals surface area contributed by atoms with Gasteiger partial charge >= 0.3 is 0 Å². The van der Waals surface area contributed by atoms with Gasteiger partial charge in [0.05, 0.1) is 11.9 Å². The number of hydrogen-bond donors (Lipinski definition) is 2. The summed E-state index contributed by atoms with van der Waals surface area (Å²) in [4.78, 5) is 14.7. The molecule has 3 nitrogen and oxygen atoms in total. The van der Waals surface area contributed by atoms with E-state index < -0.39 is 0 Å². The van der Waals surface area contributed by atoms with Gasteiger partial charge in [-0.05, 0) is 30.2 Å². The molecule has 1 aliphatic rings. The zero-order valence-corrected chi connectivity index (χ0v) is 12.8. The van der Waals surface area contributed by atoms with Crippen LogP contribution in [-0.4, -0.2) is 25.5 Å². The quantitative estimate of drug-likeness (QED) is 0.842. The fourth-order valence-corrected chi connectivity index (χ4v) is 3.65. The van der Waals surface area contributed by atoms with Crippen molar-refractivity contribution in [2.45, 2.75) is 45.2 Å². The second kappa shape index (κ2) is 7.06. The first-order valence-electron chi connectivity index (χ1n) is 7.28. The number of carbonyl (C=O) groups excluding carboxylic acids is 1. The van der Waals surface area contributed by atoms with Gasteiger partial charge in [-0.3, -0.25) is 4.79 Å². The minimum absolute atomic E-state index is 0.202. The first-order chi connectivity index (χ1) is 9.15. The first kappa shape index (κ1) is 14.5. The van der Waals surface area contributed by atoms with Crippen molar-refractivity contribution in [2.24, 2.45) is 5.92 Å². The largest absolute Gasteiger partial charge is 0.348 e. The molecule has 4 heteroatoms. The van der Waals surface area contributed by atoms with Crippen LogP contribution in [0.25, 0.3) is 0 Å². The number of rotatable bonds is 5. The predicted octanol–water partition coefficient (Wildman–Crippen LogP) is 1.46. The molecule has 19 heavy (non-hydrogen) atoms. The Bertz CT molecular complexity index is 391. The average Bonchev–Trinajstić information content (AvgIpc) is 2.84. The molecule has 0 aromatic carbocycles. The zero-order chi connectivity index (χ0) is 13.7. The van der Waals surface area contributed by atoms with Crippen LogP contribution >= 0.6 is 11.3 Å². The maximum atomic E-state index is 12.1. The van der Waals surface area contributed by atoms with E-state index in [4.69, 9.17) is 0 Å². The van der Waals surface area contributed by atoms with Crippen LogP contribution in [0, 0.1) is 5.92 Å². The summed E-state index contributed by atoms with van der Waals surface area (Å²) in [5, 5.41) is 5.31. The molecule has 1 amide bonds. The van der Waals surface area contributed by atoms with Crippen LogP contribution in [0.3, 0.4) is 0 Å². The van der Waals surface area contributed by atoms with Gasteiger partial charge in [-0.1, -0.05) is 25.8 Å². The molecule has 1 aromatic heterocycles. The highest BCUT2D eigenvalue weighted by molar-refractivity contribution is 7.09. The van der Waals surface area contributed by atoms with E-state index in [1.165, 1.54) is 29.0 Å². The van der Waals surface area contributed by atoms with Gasteiger partial charge in [-0.2, -0.15) is 0 Å². The molecule has 1 unspecified atom stereocenters. The van der Waals surface area contributed by atoms with Gasteiger partial charge in [0, 0.05) is 6.04 Å². The Kier molecular flexibility index (Phi) is 5.40. The molecular formula is C15H25N2OS+. The molecule has 106 valence electrons. The van der Waals surface area contributed by atoms with Crippen molar-refractivity contribution in [1.29, 1.82) is 0 Å². The van der Waals surface area contributed by atoms with E-state index in [9.17, 15) is 4.79 Å². The molecule has 1 saturated carbocycles. The molecule has 1 heterocycles. The molecule has 1 aliphatic carbocycles. The van der Waals surface area contributed by atoms with Gasteiger partial charge in [0.2, 0.25) is 0 Å². The van der Waals surface area contributed by atoms with Gasteiger partial charge in [0.15, 0.2) is 6.54 Å². The molecule has 1 aromatic rings. The molecule has 0 radical (unpaired) electrons. The summed E-state index contributed by atoms with van der Waals surface area (Å²) < 4.78 is 0. The highest BCUT2D eigenvalue weighted by Gasteiger charge is 2.23. The second-order valence-electron chi connectivity index (χ2n) is 5.83. The van der Waals surface area contributed by atoms with E-state index in [0.29, 0.717) is 18.5 Å². The number of nitrogens with one attached hydrogen (secondary N) is 2. The van der Waals surface area contributed by atoms with Crippen LogP contribution in [0.15, 0.2) is 17.5 Å². The van der Waals surface area contributed by atoms with E-state index in [1.807, 2.05) is 0 Å². The van der Waals surface area contributed by atoms with Crippen LogP contribution in [-0.2, 0) is 11.3 Å². The molecule has 0 saturated heterocycles. The van der Waals surface area contributed by atoms with Gasteiger partial charge in [0.1, 0.15) is 6.54 Å². The summed E-state index contributed by atoms with van der Waals surface area (Å²) in [6.07, 6.45) is 4.98. The van der Waals surface area contributed by atoms with Crippen LogP contribution in [0.2, 0.25) is 0 Å². The number of hydrogen-bond acceptors (Lipinski definition) is 2. The third-order valence-corrected chi connectivity index (χ3v) is 4.85. The van der Waals surface area contributed by atoms with Crippen LogP contribution < -0.4 is 10.2 Å². The third-order valence-electron chi connectivity index (χ3n) is 3.98. The molecular weight excluding hydrogens is 256 g/mol. The topological polar surface area (TPSA) is 33.5 Å². The molecule has 2 rings (SSSR count). The molecule has 3 atom stereocenters. The fourth-order valence-electron chi connectivity index (χ4n) is 2.84. The minimum atomic E-state index is 0.202. The zero-order valence-electron chi connectivity index (χ0n) is 11.9. The highest BCUT2D eigenvalue weighted by atomic mass is 32.1. The van der Waals surface area contributed by atoms with Gasteiger partial charge in [-0.15, -0.1) is 11.3 Å². The smallest absolute Gasteiger partial charge is 0.275 e. The summed E-state index contributed by atoms with van der Waals surface area (Å²) in [7, 11) is 2.09. The Labute approximate surface area is 120 Å². The van der Waals surface area contributed by atoms with Gasteiger partial charge in [-0.25, -0.2) is 0 Å². The monoisotopic (exact) mass is 281 g/mol. The summed E-state index contributed by atoms with van der Waals surface area (Å²) in [6, 6.07) is 4.60. The Morgan fingerprint density at radius 3 is 2.95 bits per heavy atom. The van der Waals surface area contributed by atoms with Crippen molar-refractivity contribution in [3.63, 3.8) is 0 Å². The average molecular weight is 281 g/mol. The van der Waals surface area contributed by atoms with Crippen molar-refractivity contribution >= 4 is 17.2 Å². The Morgan fingerprint density at radius 1 is 1.47 bits per heavy atom.